The molecule has 1 aliphatic carbocycles. The second-order valence-corrected chi connectivity index (χ2v) is 5.51. The molecule has 1 fully saturated rings. The topological polar surface area (TPSA) is 71.2 Å². The fourth-order valence-corrected chi connectivity index (χ4v) is 2.57. The first-order valence-corrected chi connectivity index (χ1v) is 6.94. The zero-order valence-electron chi connectivity index (χ0n) is 12.1. The minimum absolute atomic E-state index is 0.297. The summed E-state index contributed by atoms with van der Waals surface area (Å²) < 4.78 is 0. The monoisotopic (exact) mass is 264 g/mol. The van der Waals surface area contributed by atoms with Gasteiger partial charge in [-0.15, -0.1) is 0 Å². The van der Waals surface area contributed by atoms with Gasteiger partial charge in [0.1, 0.15) is 5.82 Å². The maximum absolute atomic E-state index is 5.74. The zero-order chi connectivity index (χ0) is 13.8. The Labute approximate surface area is 115 Å². The molecule has 1 saturated carbocycles. The zero-order valence-corrected chi connectivity index (χ0v) is 12.1. The van der Waals surface area contributed by atoms with Crippen molar-refractivity contribution in [3.8, 4) is 0 Å². The highest BCUT2D eigenvalue weighted by atomic mass is 15.3. The van der Waals surface area contributed by atoms with Crippen LogP contribution in [0, 0.1) is 0 Å². The van der Waals surface area contributed by atoms with Crippen LogP contribution < -0.4 is 10.6 Å². The fourth-order valence-electron chi connectivity index (χ4n) is 2.57. The summed E-state index contributed by atoms with van der Waals surface area (Å²) >= 11 is 0. The molecule has 1 aromatic heterocycles. The molecule has 0 aliphatic heterocycles. The number of hydrogen-bond acceptors (Lipinski definition) is 6. The first kappa shape index (κ1) is 14.0. The summed E-state index contributed by atoms with van der Waals surface area (Å²) in [5, 5.41) is 0. The molecule has 1 aliphatic rings. The van der Waals surface area contributed by atoms with E-state index in [1.807, 2.05) is 19.0 Å². The lowest BCUT2D eigenvalue weighted by atomic mass is 9.94. The van der Waals surface area contributed by atoms with Crippen LogP contribution in [-0.2, 0) is 6.54 Å². The largest absolute Gasteiger partial charge is 0.368 e. The van der Waals surface area contributed by atoms with Crippen molar-refractivity contribution < 1.29 is 0 Å². The Bertz CT molecular complexity index is 414. The molecule has 1 aromatic rings. The van der Waals surface area contributed by atoms with Crippen molar-refractivity contribution >= 4 is 11.9 Å². The van der Waals surface area contributed by atoms with Gasteiger partial charge in [-0.2, -0.15) is 15.0 Å². The molecule has 0 saturated heterocycles. The Kier molecular flexibility index (Phi) is 4.52. The lowest BCUT2D eigenvalue weighted by Gasteiger charge is -2.30. The molecule has 6 heteroatoms. The van der Waals surface area contributed by atoms with E-state index in [9.17, 15) is 0 Å². The average molecular weight is 264 g/mol. The normalized spacial score (nSPS) is 16.8. The van der Waals surface area contributed by atoms with Crippen LogP contribution in [0.3, 0.4) is 0 Å². The van der Waals surface area contributed by atoms with E-state index in [4.69, 9.17) is 5.73 Å². The van der Waals surface area contributed by atoms with Crippen molar-refractivity contribution in [2.24, 2.45) is 0 Å². The number of nitrogen functional groups attached to an aromatic ring is 1. The van der Waals surface area contributed by atoms with Gasteiger partial charge in [0, 0.05) is 20.1 Å². The summed E-state index contributed by atoms with van der Waals surface area (Å²) in [5.41, 5.74) is 5.74. The van der Waals surface area contributed by atoms with Crippen LogP contribution in [0.1, 0.15) is 37.9 Å². The molecule has 2 rings (SSSR count). The van der Waals surface area contributed by atoms with Gasteiger partial charge in [0.15, 0.2) is 0 Å². The smallest absolute Gasteiger partial charge is 0.229 e. The van der Waals surface area contributed by atoms with E-state index < -0.39 is 0 Å². The van der Waals surface area contributed by atoms with Crippen molar-refractivity contribution in [3.05, 3.63) is 5.82 Å². The van der Waals surface area contributed by atoms with Crippen LogP contribution in [0.25, 0.3) is 0 Å². The van der Waals surface area contributed by atoms with Gasteiger partial charge in [-0.1, -0.05) is 19.3 Å². The van der Waals surface area contributed by atoms with Crippen LogP contribution in [0.5, 0.6) is 0 Å². The maximum atomic E-state index is 5.74. The summed E-state index contributed by atoms with van der Waals surface area (Å²) in [5.74, 6) is 1.68. The average Bonchev–Trinajstić information content (AvgIpc) is 2.39. The summed E-state index contributed by atoms with van der Waals surface area (Å²) in [6, 6.07) is 0.648. The van der Waals surface area contributed by atoms with Gasteiger partial charge < -0.3 is 10.6 Å². The SMILES string of the molecule is CN(C)c1nc(N)nc(CN(C)C2CCCCC2)n1. The van der Waals surface area contributed by atoms with E-state index in [1.54, 1.807) is 0 Å². The van der Waals surface area contributed by atoms with Gasteiger partial charge >= 0.3 is 0 Å². The minimum atomic E-state index is 0.297. The summed E-state index contributed by atoms with van der Waals surface area (Å²) in [7, 11) is 5.96. The van der Waals surface area contributed by atoms with Gasteiger partial charge in [0.05, 0.1) is 6.54 Å². The first-order chi connectivity index (χ1) is 9.06. The van der Waals surface area contributed by atoms with Crippen LogP contribution in [0.15, 0.2) is 0 Å². The van der Waals surface area contributed by atoms with E-state index >= 15 is 0 Å². The Morgan fingerprint density at radius 2 is 1.74 bits per heavy atom. The second-order valence-electron chi connectivity index (χ2n) is 5.51. The number of anilines is 2. The molecule has 0 unspecified atom stereocenters. The van der Waals surface area contributed by atoms with Crippen molar-refractivity contribution in [2.75, 3.05) is 31.8 Å². The third kappa shape index (κ3) is 3.76. The van der Waals surface area contributed by atoms with Crippen LogP contribution >= 0.6 is 0 Å². The highest BCUT2D eigenvalue weighted by Gasteiger charge is 2.19. The summed E-state index contributed by atoms with van der Waals surface area (Å²) in [4.78, 5) is 17.0. The van der Waals surface area contributed by atoms with E-state index in [-0.39, 0.29) is 0 Å². The quantitative estimate of drug-likeness (QED) is 0.883. The van der Waals surface area contributed by atoms with Gasteiger partial charge in [-0.3, -0.25) is 4.90 Å². The van der Waals surface area contributed by atoms with Gasteiger partial charge in [-0.25, -0.2) is 0 Å². The summed E-state index contributed by atoms with van der Waals surface area (Å²) in [6.07, 6.45) is 6.58. The maximum Gasteiger partial charge on any atom is 0.229 e. The van der Waals surface area contributed by atoms with E-state index in [2.05, 4.69) is 26.9 Å². The van der Waals surface area contributed by atoms with Crippen molar-refractivity contribution in [2.45, 2.75) is 44.7 Å². The number of nitrogens with two attached hydrogens (primary N) is 1. The molecular formula is C13H24N6. The standard InChI is InChI=1S/C13H24N6/c1-18(2)13-16-11(15-12(14)17-13)9-19(3)10-7-5-4-6-8-10/h10H,4-9H2,1-3H3,(H2,14,15,16,17). The predicted octanol–water partition coefficient (Wildman–Crippen LogP) is 1.28. The molecule has 0 aromatic carbocycles. The van der Waals surface area contributed by atoms with Crippen molar-refractivity contribution in [1.29, 1.82) is 0 Å². The van der Waals surface area contributed by atoms with Gasteiger partial charge in [-0.05, 0) is 19.9 Å². The van der Waals surface area contributed by atoms with E-state index in [1.165, 1.54) is 32.1 Å². The van der Waals surface area contributed by atoms with Crippen molar-refractivity contribution in [1.82, 2.24) is 19.9 Å². The molecule has 0 spiro atoms. The third-order valence-corrected chi connectivity index (χ3v) is 3.68. The number of rotatable bonds is 4. The molecule has 106 valence electrons. The van der Waals surface area contributed by atoms with E-state index in [0.717, 1.165) is 12.4 Å². The fraction of sp³-hybridized carbons (Fsp3) is 0.769. The molecular weight excluding hydrogens is 240 g/mol. The number of hydrogen-bond donors (Lipinski definition) is 1. The summed E-state index contributed by atoms with van der Waals surface area (Å²) in [6.45, 7) is 0.734. The van der Waals surface area contributed by atoms with Gasteiger partial charge in [0.2, 0.25) is 11.9 Å². The predicted molar refractivity (Wildman–Crippen MR) is 76.9 cm³/mol. The highest BCUT2D eigenvalue weighted by Crippen LogP contribution is 2.22. The molecule has 0 bridgehead atoms. The third-order valence-electron chi connectivity index (χ3n) is 3.68. The number of nitrogens with zero attached hydrogens (tertiary/aromatic N) is 5. The van der Waals surface area contributed by atoms with Crippen LogP contribution in [0.4, 0.5) is 11.9 Å². The molecule has 1 heterocycles. The Morgan fingerprint density at radius 1 is 1.05 bits per heavy atom. The molecule has 6 nitrogen and oxygen atoms in total. The Hall–Kier alpha value is -1.43. The molecule has 0 atom stereocenters. The Morgan fingerprint density at radius 3 is 2.37 bits per heavy atom. The van der Waals surface area contributed by atoms with Crippen LogP contribution in [0.2, 0.25) is 0 Å². The molecule has 0 amide bonds. The van der Waals surface area contributed by atoms with E-state index in [0.29, 0.717) is 17.9 Å². The molecule has 19 heavy (non-hydrogen) atoms. The minimum Gasteiger partial charge on any atom is -0.368 e. The van der Waals surface area contributed by atoms with Crippen molar-refractivity contribution in [3.63, 3.8) is 0 Å². The lowest BCUT2D eigenvalue weighted by molar-refractivity contribution is 0.181. The second kappa shape index (κ2) is 6.14. The van der Waals surface area contributed by atoms with Crippen LogP contribution in [-0.4, -0.2) is 47.0 Å². The van der Waals surface area contributed by atoms with Gasteiger partial charge in [0.25, 0.3) is 0 Å². The molecule has 2 N–H and O–H groups in total. The lowest BCUT2D eigenvalue weighted by Crippen LogP contribution is -2.33. The Balaban J connectivity index is 2.05. The molecule has 0 radical (unpaired) electrons. The number of aromatic nitrogens is 3. The highest BCUT2D eigenvalue weighted by molar-refractivity contribution is 5.32. The first-order valence-electron chi connectivity index (χ1n) is 6.94.